The predicted octanol–water partition coefficient (Wildman–Crippen LogP) is 3.09. The van der Waals surface area contributed by atoms with Crippen molar-refractivity contribution in [2.75, 3.05) is 16.3 Å². The van der Waals surface area contributed by atoms with Gasteiger partial charge in [0.15, 0.2) is 0 Å². The lowest BCUT2D eigenvalue weighted by Gasteiger charge is -2.10. The van der Waals surface area contributed by atoms with Crippen LogP contribution in [-0.4, -0.2) is 25.7 Å². The van der Waals surface area contributed by atoms with Crippen molar-refractivity contribution in [2.24, 2.45) is 0 Å². The Morgan fingerprint density at radius 3 is 2.26 bits per heavy atom. The monoisotopic (exact) mass is 398 g/mol. The van der Waals surface area contributed by atoms with E-state index in [9.17, 15) is 18.3 Å². The maximum absolute atomic E-state index is 12.2. The molecule has 1 amide bonds. The summed E-state index contributed by atoms with van der Waals surface area (Å²) in [5, 5.41) is 12.6. The van der Waals surface area contributed by atoms with Crippen molar-refractivity contribution in [2.45, 2.75) is 6.92 Å². The van der Waals surface area contributed by atoms with E-state index in [1.807, 2.05) is 6.92 Å². The molecule has 122 valence electrons. The number of aromatic hydroxyl groups is 1. The normalized spacial score (nSPS) is 11.1. The molecule has 2 aromatic carbocycles. The number of amides is 1. The molecule has 23 heavy (non-hydrogen) atoms. The molecular formula is C15H15BrN2O4S. The van der Waals surface area contributed by atoms with Crippen molar-refractivity contribution in [1.82, 2.24) is 0 Å². The van der Waals surface area contributed by atoms with Crippen LogP contribution < -0.4 is 10.0 Å². The fraction of sp³-hybridized carbons (Fsp3) is 0.133. The fourth-order valence-corrected chi connectivity index (χ4v) is 3.08. The SMILES string of the molecule is Cc1cc(Br)c(O)c(C(=O)Nc2ccc(NS(C)(=O)=O)cc2)c1. The number of phenols is 1. The Labute approximate surface area is 142 Å². The highest BCUT2D eigenvalue weighted by Crippen LogP contribution is 2.30. The molecule has 0 fully saturated rings. The van der Waals surface area contributed by atoms with Gasteiger partial charge in [-0.05, 0) is 64.8 Å². The van der Waals surface area contributed by atoms with Crippen molar-refractivity contribution in [3.05, 3.63) is 52.0 Å². The van der Waals surface area contributed by atoms with E-state index >= 15 is 0 Å². The Hall–Kier alpha value is -2.06. The van der Waals surface area contributed by atoms with E-state index < -0.39 is 15.9 Å². The van der Waals surface area contributed by atoms with E-state index in [4.69, 9.17) is 0 Å². The van der Waals surface area contributed by atoms with E-state index in [0.717, 1.165) is 11.8 Å². The van der Waals surface area contributed by atoms with Crippen molar-refractivity contribution < 1.29 is 18.3 Å². The van der Waals surface area contributed by atoms with E-state index in [0.29, 0.717) is 15.8 Å². The molecule has 3 N–H and O–H groups in total. The number of rotatable bonds is 4. The van der Waals surface area contributed by atoms with Crippen LogP contribution in [0.1, 0.15) is 15.9 Å². The van der Waals surface area contributed by atoms with Gasteiger partial charge in [-0.1, -0.05) is 0 Å². The van der Waals surface area contributed by atoms with E-state index in [1.165, 1.54) is 12.1 Å². The van der Waals surface area contributed by atoms with Gasteiger partial charge in [-0.15, -0.1) is 0 Å². The summed E-state index contributed by atoms with van der Waals surface area (Å²) in [5.74, 6) is -0.598. The minimum atomic E-state index is -3.35. The Morgan fingerprint density at radius 2 is 1.70 bits per heavy atom. The van der Waals surface area contributed by atoms with Gasteiger partial charge in [-0.2, -0.15) is 0 Å². The van der Waals surface area contributed by atoms with Crippen molar-refractivity contribution in [3.63, 3.8) is 0 Å². The van der Waals surface area contributed by atoms with Gasteiger partial charge >= 0.3 is 0 Å². The van der Waals surface area contributed by atoms with Crippen LogP contribution in [0.2, 0.25) is 0 Å². The van der Waals surface area contributed by atoms with Crippen molar-refractivity contribution in [3.8, 4) is 5.75 Å². The average Bonchev–Trinajstić information content (AvgIpc) is 2.43. The van der Waals surface area contributed by atoms with Gasteiger partial charge in [0.05, 0.1) is 16.3 Å². The molecule has 0 unspecified atom stereocenters. The first-order valence-electron chi connectivity index (χ1n) is 6.54. The summed E-state index contributed by atoms with van der Waals surface area (Å²) in [6.07, 6.45) is 1.06. The van der Waals surface area contributed by atoms with Crippen LogP contribution in [-0.2, 0) is 10.0 Å². The molecule has 0 saturated heterocycles. The lowest BCUT2D eigenvalue weighted by Crippen LogP contribution is -2.13. The molecule has 8 heteroatoms. The molecule has 2 aromatic rings. The van der Waals surface area contributed by atoms with E-state index in [1.54, 1.807) is 24.3 Å². The number of sulfonamides is 1. The number of hydrogen-bond donors (Lipinski definition) is 3. The summed E-state index contributed by atoms with van der Waals surface area (Å²) in [6.45, 7) is 1.81. The molecule has 6 nitrogen and oxygen atoms in total. The fourth-order valence-electron chi connectivity index (χ4n) is 1.94. The van der Waals surface area contributed by atoms with Crippen LogP contribution in [0.3, 0.4) is 0 Å². The maximum atomic E-state index is 12.2. The molecular weight excluding hydrogens is 384 g/mol. The number of anilines is 2. The van der Waals surface area contributed by atoms with E-state index in [-0.39, 0.29) is 11.3 Å². The first-order valence-corrected chi connectivity index (χ1v) is 9.22. The third-order valence-corrected chi connectivity index (χ3v) is 4.11. The summed E-state index contributed by atoms with van der Waals surface area (Å²) in [4.78, 5) is 12.2. The second-order valence-corrected chi connectivity index (χ2v) is 7.65. The van der Waals surface area contributed by atoms with Gasteiger partial charge in [0.25, 0.3) is 5.91 Å². The van der Waals surface area contributed by atoms with Gasteiger partial charge in [0.2, 0.25) is 10.0 Å². The summed E-state index contributed by atoms with van der Waals surface area (Å²) in [6, 6.07) is 9.47. The molecule has 0 atom stereocenters. The number of halogens is 1. The largest absolute Gasteiger partial charge is 0.506 e. The molecule has 0 spiro atoms. The Balaban J connectivity index is 2.18. The maximum Gasteiger partial charge on any atom is 0.259 e. The van der Waals surface area contributed by atoms with Crippen LogP contribution in [0.4, 0.5) is 11.4 Å². The van der Waals surface area contributed by atoms with Gasteiger partial charge < -0.3 is 10.4 Å². The molecule has 0 aromatic heterocycles. The molecule has 0 aliphatic carbocycles. The van der Waals surface area contributed by atoms with Crippen LogP contribution in [0, 0.1) is 6.92 Å². The number of carbonyl (C=O) groups is 1. The highest BCUT2D eigenvalue weighted by atomic mass is 79.9. The van der Waals surface area contributed by atoms with Gasteiger partial charge in [0.1, 0.15) is 5.75 Å². The van der Waals surface area contributed by atoms with E-state index in [2.05, 4.69) is 26.0 Å². The molecule has 0 bridgehead atoms. The van der Waals surface area contributed by atoms with Gasteiger partial charge in [0, 0.05) is 11.4 Å². The Bertz CT molecular complexity index is 849. The first kappa shape index (κ1) is 17.3. The summed E-state index contributed by atoms with van der Waals surface area (Å²) in [7, 11) is -3.35. The van der Waals surface area contributed by atoms with Gasteiger partial charge in [-0.3, -0.25) is 9.52 Å². The second-order valence-electron chi connectivity index (χ2n) is 5.05. The smallest absolute Gasteiger partial charge is 0.259 e. The zero-order valence-electron chi connectivity index (χ0n) is 12.4. The topological polar surface area (TPSA) is 95.5 Å². The van der Waals surface area contributed by atoms with Crippen LogP contribution in [0.25, 0.3) is 0 Å². The zero-order chi connectivity index (χ0) is 17.2. The molecule has 0 saturated carbocycles. The predicted molar refractivity (Wildman–Crippen MR) is 93.4 cm³/mol. The summed E-state index contributed by atoms with van der Waals surface area (Å²) >= 11 is 3.19. The third-order valence-electron chi connectivity index (χ3n) is 2.90. The average molecular weight is 399 g/mol. The molecule has 0 aliphatic rings. The van der Waals surface area contributed by atoms with Crippen molar-refractivity contribution in [1.29, 1.82) is 0 Å². The van der Waals surface area contributed by atoms with Crippen molar-refractivity contribution >= 4 is 43.2 Å². The number of aryl methyl sites for hydroxylation is 1. The number of phenolic OH excluding ortho intramolecular Hbond substituents is 1. The Kier molecular flexibility index (Phi) is 4.96. The van der Waals surface area contributed by atoms with Gasteiger partial charge in [-0.25, -0.2) is 8.42 Å². The third kappa shape index (κ3) is 4.70. The number of carbonyl (C=O) groups excluding carboxylic acids is 1. The number of hydrogen-bond acceptors (Lipinski definition) is 4. The molecule has 0 aliphatic heterocycles. The number of nitrogens with one attached hydrogen (secondary N) is 2. The molecule has 0 heterocycles. The second kappa shape index (κ2) is 6.59. The minimum Gasteiger partial charge on any atom is -0.506 e. The highest BCUT2D eigenvalue weighted by Gasteiger charge is 2.14. The lowest BCUT2D eigenvalue weighted by molar-refractivity contribution is 0.102. The molecule has 0 radical (unpaired) electrons. The lowest BCUT2D eigenvalue weighted by atomic mass is 10.1. The van der Waals surface area contributed by atoms with Crippen LogP contribution in [0.5, 0.6) is 5.75 Å². The quantitative estimate of drug-likeness (QED) is 0.736. The standard InChI is InChI=1S/C15H15BrN2O4S/c1-9-7-12(14(19)13(16)8-9)15(20)17-10-3-5-11(6-4-10)18-23(2,21)22/h3-8,18-19H,1-2H3,(H,17,20). The summed E-state index contributed by atoms with van der Waals surface area (Å²) < 4.78 is 25.0. The zero-order valence-corrected chi connectivity index (χ0v) is 14.8. The van der Waals surface area contributed by atoms with Crippen LogP contribution in [0.15, 0.2) is 40.9 Å². The summed E-state index contributed by atoms with van der Waals surface area (Å²) in [5.41, 5.74) is 1.85. The first-order chi connectivity index (χ1) is 10.7. The minimum absolute atomic E-state index is 0.136. The van der Waals surface area contributed by atoms with Crippen LogP contribution >= 0.6 is 15.9 Å². The Morgan fingerprint density at radius 1 is 1.13 bits per heavy atom. The highest BCUT2D eigenvalue weighted by molar-refractivity contribution is 9.10. The molecule has 2 rings (SSSR count). The number of benzene rings is 2.